The minimum absolute atomic E-state index is 0.0330. The van der Waals surface area contributed by atoms with Gasteiger partial charge in [0.15, 0.2) is 0 Å². The first kappa shape index (κ1) is 23.7. The number of halogens is 1. The fourth-order valence-electron chi connectivity index (χ4n) is 2.85. The molecule has 0 saturated carbocycles. The summed E-state index contributed by atoms with van der Waals surface area (Å²) in [7, 11) is -3.90. The van der Waals surface area contributed by atoms with Gasteiger partial charge in [0.25, 0.3) is 0 Å². The molecule has 1 amide bonds. The Morgan fingerprint density at radius 2 is 1.72 bits per heavy atom. The minimum Gasteiger partial charge on any atom is -0.444 e. The van der Waals surface area contributed by atoms with Crippen LogP contribution >= 0.6 is 11.6 Å². The monoisotopic (exact) mass is 477 g/mol. The van der Waals surface area contributed by atoms with Crippen LogP contribution in [-0.2, 0) is 26.7 Å². The molecule has 2 aromatic carbocycles. The lowest BCUT2D eigenvalue weighted by Crippen LogP contribution is -2.36. The molecule has 1 heterocycles. The SMILES string of the molecule is CC(C)(C)OC(=O)N[C@H](Cc1ccccc1)c1nnc(S(=O)(=O)Cc2ccc(Cl)cc2)o1. The summed E-state index contributed by atoms with van der Waals surface area (Å²) in [5.74, 6) is -0.358. The highest BCUT2D eigenvalue weighted by Gasteiger charge is 2.28. The van der Waals surface area contributed by atoms with Crippen molar-refractivity contribution in [2.45, 2.75) is 49.8 Å². The fraction of sp³-hybridized carbons (Fsp3) is 0.318. The zero-order chi connectivity index (χ0) is 23.4. The second-order valence-corrected chi connectivity index (χ2v) is 10.5. The van der Waals surface area contributed by atoms with Gasteiger partial charge < -0.3 is 14.5 Å². The molecule has 3 aromatic rings. The Morgan fingerprint density at radius 1 is 1.06 bits per heavy atom. The Bertz CT molecular complexity index is 1160. The quantitative estimate of drug-likeness (QED) is 0.533. The van der Waals surface area contributed by atoms with E-state index in [1.165, 1.54) is 0 Å². The molecule has 0 unspecified atom stereocenters. The Kier molecular flexibility index (Phi) is 7.20. The van der Waals surface area contributed by atoms with Gasteiger partial charge in [-0.2, -0.15) is 0 Å². The Hall–Kier alpha value is -2.91. The van der Waals surface area contributed by atoms with Crippen LogP contribution in [-0.4, -0.2) is 30.3 Å². The number of sulfone groups is 1. The lowest BCUT2D eigenvalue weighted by atomic mass is 10.1. The van der Waals surface area contributed by atoms with Gasteiger partial charge in [-0.05, 0) is 44.0 Å². The largest absolute Gasteiger partial charge is 0.444 e. The van der Waals surface area contributed by atoms with Crippen LogP contribution in [0.4, 0.5) is 4.79 Å². The number of rotatable bonds is 7. The highest BCUT2D eigenvalue weighted by molar-refractivity contribution is 7.90. The summed E-state index contributed by atoms with van der Waals surface area (Å²) in [5, 5.41) is 10.3. The van der Waals surface area contributed by atoms with Crippen molar-refractivity contribution in [2.24, 2.45) is 0 Å². The molecule has 1 aromatic heterocycles. The van der Waals surface area contributed by atoms with Crippen molar-refractivity contribution >= 4 is 27.5 Å². The molecular formula is C22H24ClN3O5S. The predicted octanol–water partition coefficient (Wildman–Crippen LogP) is 4.51. The van der Waals surface area contributed by atoms with E-state index in [1.807, 2.05) is 30.3 Å². The van der Waals surface area contributed by atoms with Crippen LogP contribution in [0, 0.1) is 0 Å². The van der Waals surface area contributed by atoms with E-state index in [9.17, 15) is 13.2 Å². The Labute approximate surface area is 191 Å². The van der Waals surface area contributed by atoms with E-state index in [1.54, 1.807) is 45.0 Å². The molecule has 0 radical (unpaired) electrons. The van der Waals surface area contributed by atoms with Crippen molar-refractivity contribution in [3.63, 3.8) is 0 Å². The van der Waals surface area contributed by atoms with E-state index in [0.717, 1.165) is 5.56 Å². The highest BCUT2D eigenvalue weighted by atomic mass is 35.5. The molecule has 1 atom stereocenters. The maximum atomic E-state index is 12.7. The van der Waals surface area contributed by atoms with Gasteiger partial charge in [0.05, 0.1) is 5.75 Å². The number of hydrogen-bond donors (Lipinski definition) is 1. The average Bonchev–Trinajstić information content (AvgIpc) is 3.20. The van der Waals surface area contributed by atoms with Crippen molar-refractivity contribution in [1.82, 2.24) is 15.5 Å². The molecule has 170 valence electrons. The summed E-state index contributed by atoms with van der Waals surface area (Å²) in [5.41, 5.74) is 0.711. The van der Waals surface area contributed by atoms with E-state index in [4.69, 9.17) is 20.8 Å². The summed E-state index contributed by atoms with van der Waals surface area (Å²) in [6.45, 7) is 5.23. The molecular weight excluding hydrogens is 454 g/mol. The first-order chi connectivity index (χ1) is 15.0. The van der Waals surface area contributed by atoms with Gasteiger partial charge in [0.2, 0.25) is 15.7 Å². The van der Waals surface area contributed by atoms with E-state index in [-0.39, 0.29) is 11.6 Å². The standard InChI is InChI=1S/C22H24ClN3O5S/c1-22(2,3)31-20(27)24-18(13-15-7-5-4-6-8-15)19-25-26-21(30-19)32(28,29)14-16-9-11-17(23)12-10-16/h4-12,18H,13-14H2,1-3H3,(H,24,27)/t18-/m1/s1. The van der Waals surface area contributed by atoms with Gasteiger partial charge in [-0.25, -0.2) is 13.2 Å². The third kappa shape index (κ3) is 6.80. The summed E-state index contributed by atoms with van der Waals surface area (Å²) < 4.78 is 36.3. The van der Waals surface area contributed by atoms with Crippen molar-refractivity contribution < 1.29 is 22.4 Å². The molecule has 0 fully saturated rings. The van der Waals surface area contributed by atoms with Gasteiger partial charge >= 0.3 is 11.3 Å². The van der Waals surface area contributed by atoms with Gasteiger partial charge in [0.1, 0.15) is 11.6 Å². The maximum absolute atomic E-state index is 12.7. The van der Waals surface area contributed by atoms with E-state index < -0.39 is 32.8 Å². The normalized spacial score (nSPS) is 12.9. The van der Waals surface area contributed by atoms with E-state index in [2.05, 4.69) is 15.5 Å². The molecule has 0 bridgehead atoms. The first-order valence-electron chi connectivity index (χ1n) is 9.86. The van der Waals surface area contributed by atoms with Crippen LogP contribution in [0.25, 0.3) is 0 Å². The summed E-state index contributed by atoms with van der Waals surface area (Å²) in [4.78, 5) is 12.4. The molecule has 1 N–H and O–H groups in total. The van der Waals surface area contributed by atoms with Gasteiger partial charge in [-0.1, -0.05) is 59.2 Å². The second kappa shape index (κ2) is 9.70. The fourth-order valence-corrected chi connectivity index (χ4v) is 4.11. The van der Waals surface area contributed by atoms with Gasteiger partial charge in [0, 0.05) is 11.4 Å². The molecule has 0 aliphatic carbocycles. The van der Waals surface area contributed by atoms with Crippen LogP contribution in [0.5, 0.6) is 0 Å². The number of benzene rings is 2. The number of nitrogens with one attached hydrogen (secondary N) is 1. The third-order valence-electron chi connectivity index (χ3n) is 4.23. The minimum atomic E-state index is -3.90. The Balaban J connectivity index is 1.83. The number of carbonyl (C=O) groups is 1. The maximum Gasteiger partial charge on any atom is 0.408 e. The number of hydrogen-bond acceptors (Lipinski definition) is 7. The van der Waals surface area contributed by atoms with Crippen LogP contribution in [0.15, 0.2) is 64.2 Å². The third-order valence-corrected chi connectivity index (χ3v) is 5.89. The molecule has 8 nitrogen and oxygen atoms in total. The number of alkyl carbamates (subject to hydrolysis) is 1. The number of carbonyl (C=O) groups excluding carboxylic acids is 1. The van der Waals surface area contributed by atoms with E-state index >= 15 is 0 Å². The van der Waals surface area contributed by atoms with Crippen LogP contribution < -0.4 is 5.32 Å². The van der Waals surface area contributed by atoms with E-state index in [0.29, 0.717) is 17.0 Å². The molecule has 10 heteroatoms. The molecule has 0 spiro atoms. The second-order valence-electron chi connectivity index (χ2n) is 8.18. The summed E-state index contributed by atoms with van der Waals surface area (Å²) in [6, 6.07) is 15.0. The van der Waals surface area contributed by atoms with Gasteiger partial charge in [-0.15, -0.1) is 5.10 Å². The Morgan fingerprint density at radius 3 is 2.34 bits per heavy atom. The van der Waals surface area contributed by atoms with Gasteiger partial charge in [-0.3, -0.25) is 0 Å². The van der Waals surface area contributed by atoms with Crippen LogP contribution in [0.2, 0.25) is 5.02 Å². The smallest absolute Gasteiger partial charge is 0.408 e. The molecule has 0 aliphatic heterocycles. The topological polar surface area (TPSA) is 111 Å². The molecule has 3 rings (SSSR count). The highest BCUT2D eigenvalue weighted by Crippen LogP contribution is 2.23. The van der Waals surface area contributed by atoms with Crippen molar-refractivity contribution in [3.05, 3.63) is 76.6 Å². The van der Waals surface area contributed by atoms with Crippen molar-refractivity contribution in [3.8, 4) is 0 Å². The molecule has 0 saturated heterocycles. The molecule has 0 aliphatic rings. The summed E-state index contributed by atoms with van der Waals surface area (Å²) in [6.07, 6.45) is -0.374. The first-order valence-corrected chi connectivity index (χ1v) is 11.9. The zero-order valence-corrected chi connectivity index (χ0v) is 19.5. The average molecular weight is 478 g/mol. The number of amides is 1. The van der Waals surface area contributed by atoms with Crippen LogP contribution in [0.3, 0.4) is 0 Å². The number of aromatic nitrogens is 2. The number of ether oxygens (including phenoxy) is 1. The zero-order valence-electron chi connectivity index (χ0n) is 17.9. The van der Waals surface area contributed by atoms with Crippen molar-refractivity contribution in [1.29, 1.82) is 0 Å². The summed E-state index contributed by atoms with van der Waals surface area (Å²) >= 11 is 5.85. The lowest BCUT2D eigenvalue weighted by Gasteiger charge is -2.22. The molecule has 32 heavy (non-hydrogen) atoms. The number of nitrogens with zero attached hydrogens (tertiary/aromatic N) is 2. The predicted molar refractivity (Wildman–Crippen MR) is 119 cm³/mol. The van der Waals surface area contributed by atoms with Crippen molar-refractivity contribution in [2.75, 3.05) is 0 Å². The lowest BCUT2D eigenvalue weighted by molar-refractivity contribution is 0.0494. The van der Waals surface area contributed by atoms with Crippen LogP contribution in [0.1, 0.15) is 43.8 Å².